The fraction of sp³-hybridized carbons (Fsp3) is 0.333. The van der Waals surface area contributed by atoms with Crippen molar-refractivity contribution in [1.82, 2.24) is 40.9 Å². The highest BCUT2D eigenvalue weighted by molar-refractivity contribution is 7.99. The van der Waals surface area contributed by atoms with Crippen molar-refractivity contribution in [2.24, 2.45) is 5.92 Å². The fourth-order valence-electron chi connectivity index (χ4n) is 6.06. The average molecular weight is 726 g/mol. The molecule has 0 spiro atoms. The minimum atomic E-state index is -1.07. The normalized spacial score (nSPS) is 17.9. The predicted molar refractivity (Wildman–Crippen MR) is 191 cm³/mol. The summed E-state index contributed by atoms with van der Waals surface area (Å²) in [7, 11) is 0. The maximum absolute atomic E-state index is 14.0. The first-order valence-corrected chi connectivity index (χ1v) is 18.0. The molecule has 0 aliphatic carbocycles. The van der Waals surface area contributed by atoms with E-state index in [9.17, 15) is 24.0 Å². The van der Waals surface area contributed by atoms with E-state index in [-0.39, 0.29) is 49.2 Å². The van der Waals surface area contributed by atoms with E-state index in [0.29, 0.717) is 28.8 Å². The van der Waals surface area contributed by atoms with Crippen molar-refractivity contribution in [1.29, 1.82) is 0 Å². The Morgan fingerprint density at radius 2 is 1.62 bits per heavy atom. The van der Waals surface area contributed by atoms with Gasteiger partial charge in [0.05, 0.1) is 17.5 Å². The lowest BCUT2D eigenvalue weighted by Gasteiger charge is -2.43. The van der Waals surface area contributed by atoms with Gasteiger partial charge in [-0.1, -0.05) is 62.0 Å². The molecule has 0 unspecified atom stereocenters. The number of amides is 5. The molecule has 3 aromatic carbocycles. The number of ketones is 1. The van der Waals surface area contributed by atoms with Crippen LogP contribution < -0.4 is 20.7 Å². The molecule has 52 heavy (non-hydrogen) atoms. The number of urea groups is 1. The van der Waals surface area contributed by atoms with E-state index in [1.54, 1.807) is 24.3 Å². The van der Waals surface area contributed by atoms with Gasteiger partial charge in [-0.25, -0.2) is 9.80 Å². The lowest BCUT2D eigenvalue weighted by molar-refractivity contribution is -0.176. The van der Waals surface area contributed by atoms with Crippen LogP contribution in [0.25, 0.3) is 5.69 Å². The van der Waals surface area contributed by atoms with Crippen LogP contribution in [0.5, 0.6) is 11.5 Å². The van der Waals surface area contributed by atoms with Gasteiger partial charge in [-0.3, -0.25) is 24.2 Å². The SMILES string of the molecule is CC(C)[C@H](NC(=O)[C@@H]1CCCN2C(=O)CC[C@H](NC(=O)Nc3ccc(Oc4ccccc4)cc3)C(=O)N12)C(=O)CSc1nnnn1-c1ccccc1. The molecule has 2 fully saturated rings. The molecule has 1 aromatic heterocycles. The summed E-state index contributed by atoms with van der Waals surface area (Å²) in [6.07, 6.45) is 0.814. The van der Waals surface area contributed by atoms with Crippen molar-refractivity contribution in [2.45, 2.75) is 62.8 Å². The van der Waals surface area contributed by atoms with E-state index in [2.05, 4.69) is 31.5 Å². The number of anilines is 1. The number of aromatic nitrogens is 4. The molecule has 3 atom stereocenters. The smallest absolute Gasteiger partial charge is 0.319 e. The summed E-state index contributed by atoms with van der Waals surface area (Å²) in [4.78, 5) is 67.6. The summed E-state index contributed by atoms with van der Waals surface area (Å²) < 4.78 is 7.33. The molecule has 2 saturated heterocycles. The first-order valence-electron chi connectivity index (χ1n) is 17.0. The monoisotopic (exact) mass is 725 g/mol. The van der Waals surface area contributed by atoms with Crippen molar-refractivity contribution >= 4 is 47.0 Å². The number of fused-ring (bicyclic) bond motifs is 1. The number of rotatable bonds is 12. The van der Waals surface area contributed by atoms with Crippen LogP contribution in [0.1, 0.15) is 39.5 Å². The number of para-hydroxylation sites is 2. The minimum absolute atomic E-state index is 0.000166. The van der Waals surface area contributed by atoms with Crippen LogP contribution >= 0.6 is 11.8 Å². The predicted octanol–water partition coefficient (Wildman–Crippen LogP) is 3.98. The van der Waals surface area contributed by atoms with Crippen LogP contribution in [-0.4, -0.2) is 90.2 Å². The third-order valence-electron chi connectivity index (χ3n) is 8.66. The van der Waals surface area contributed by atoms with E-state index >= 15 is 0 Å². The molecule has 0 bridgehead atoms. The van der Waals surface area contributed by atoms with Gasteiger partial charge in [0.15, 0.2) is 5.78 Å². The highest BCUT2D eigenvalue weighted by atomic mass is 32.2. The van der Waals surface area contributed by atoms with E-state index in [4.69, 9.17) is 4.74 Å². The Hall–Kier alpha value is -5.77. The topological polar surface area (TPSA) is 181 Å². The Labute approximate surface area is 304 Å². The van der Waals surface area contributed by atoms with Gasteiger partial charge in [-0.05, 0) is 84.1 Å². The van der Waals surface area contributed by atoms with Gasteiger partial charge < -0.3 is 20.7 Å². The van der Waals surface area contributed by atoms with Crippen molar-refractivity contribution < 1.29 is 28.7 Å². The molecule has 2 aliphatic rings. The van der Waals surface area contributed by atoms with E-state index in [0.717, 1.165) is 17.4 Å². The van der Waals surface area contributed by atoms with Crippen LogP contribution in [0.2, 0.25) is 0 Å². The second kappa shape index (κ2) is 16.5. The van der Waals surface area contributed by atoms with Crippen molar-refractivity contribution in [3.8, 4) is 17.2 Å². The number of hydrogen-bond donors (Lipinski definition) is 3. The zero-order valence-electron chi connectivity index (χ0n) is 28.7. The third-order valence-corrected chi connectivity index (χ3v) is 9.60. The van der Waals surface area contributed by atoms with Crippen LogP contribution in [0.15, 0.2) is 90.1 Å². The molecule has 2 aliphatic heterocycles. The standard InChI is InChI=1S/C36H39N9O6S/c1-23(2)32(30(46)22-52-36-40-41-42-44(36)25-10-5-3-6-11-25)39-33(48)29-14-9-21-43-31(47)20-19-28(34(49)45(29)43)38-35(50)37-24-15-17-27(18-16-24)51-26-12-7-4-8-13-26/h3-8,10-13,15-18,23,28-29,32H,9,14,19-22H2,1-2H3,(H,39,48)(H2,37,38,50)/t28-,29-,32-/m0/s1. The number of hydrazine groups is 1. The number of Topliss-reactive ketones (excluding diaryl/α,β-unsaturated/α-hetero) is 1. The Morgan fingerprint density at radius 3 is 2.33 bits per heavy atom. The fourth-order valence-corrected chi connectivity index (χ4v) is 6.87. The first kappa shape index (κ1) is 36.0. The largest absolute Gasteiger partial charge is 0.457 e. The molecule has 15 nitrogen and oxygen atoms in total. The Bertz CT molecular complexity index is 1890. The molecule has 5 amide bonds. The van der Waals surface area contributed by atoms with E-state index in [1.807, 2.05) is 74.5 Å². The molecule has 16 heteroatoms. The summed E-state index contributed by atoms with van der Waals surface area (Å²) in [5, 5.41) is 23.0. The van der Waals surface area contributed by atoms with Crippen LogP contribution in [0, 0.1) is 5.92 Å². The molecular weight excluding hydrogens is 687 g/mol. The van der Waals surface area contributed by atoms with Gasteiger partial charge in [-0.15, -0.1) is 5.10 Å². The summed E-state index contributed by atoms with van der Waals surface area (Å²) in [5.74, 6) is -0.757. The lowest BCUT2D eigenvalue weighted by atomic mass is 9.99. The lowest BCUT2D eigenvalue weighted by Crippen LogP contribution is -2.65. The Morgan fingerprint density at radius 1 is 0.923 bits per heavy atom. The molecule has 0 radical (unpaired) electrons. The number of nitrogens with zero attached hydrogens (tertiary/aromatic N) is 6. The zero-order valence-corrected chi connectivity index (χ0v) is 29.5. The second-order valence-electron chi connectivity index (χ2n) is 12.7. The minimum Gasteiger partial charge on any atom is -0.457 e. The number of nitrogens with one attached hydrogen (secondary N) is 3. The van der Waals surface area contributed by atoms with Crippen molar-refractivity contribution in [3.05, 3.63) is 84.9 Å². The van der Waals surface area contributed by atoms with Gasteiger partial charge in [0.25, 0.3) is 5.91 Å². The molecular formula is C36H39N9O6S. The second-order valence-corrected chi connectivity index (χ2v) is 13.6. The zero-order chi connectivity index (χ0) is 36.6. The Balaban J connectivity index is 1.09. The quantitative estimate of drug-likeness (QED) is 0.181. The number of carbonyl (C=O) groups excluding carboxylic acids is 5. The number of carbonyl (C=O) groups is 5. The number of thioether (sulfide) groups is 1. The van der Waals surface area contributed by atoms with Crippen LogP contribution in [0.3, 0.4) is 0 Å². The first-order chi connectivity index (χ1) is 25.2. The number of ether oxygens (including phenoxy) is 1. The molecule has 0 saturated carbocycles. The van der Waals surface area contributed by atoms with Gasteiger partial charge in [-0.2, -0.15) is 4.68 Å². The highest BCUT2D eigenvalue weighted by Crippen LogP contribution is 2.27. The van der Waals surface area contributed by atoms with E-state index < -0.39 is 36.0 Å². The number of benzene rings is 3. The molecule has 6 rings (SSSR count). The van der Waals surface area contributed by atoms with Gasteiger partial charge in [0.1, 0.15) is 23.6 Å². The molecule has 4 aromatic rings. The molecule has 270 valence electrons. The van der Waals surface area contributed by atoms with Crippen molar-refractivity contribution in [2.75, 3.05) is 17.6 Å². The highest BCUT2D eigenvalue weighted by Gasteiger charge is 2.45. The molecule has 3 N–H and O–H groups in total. The number of tetrazole rings is 1. The van der Waals surface area contributed by atoms with Crippen molar-refractivity contribution in [3.63, 3.8) is 0 Å². The third kappa shape index (κ3) is 8.57. The van der Waals surface area contributed by atoms with Gasteiger partial charge in [0, 0.05) is 18.7 Å². The summed E-state index contributed by atoms with van der Waals surface area (Å²) in [6, 6.07) is 21.6. The molecule has 3 heterocycles. The average Bonchev–Trinajstić information content (AvgIpc) is 3.59. The maximum atomic E-state index is 14.0. The van der Waals surface area contributed by atoms with Gasteiger partial charge in [0.2, 0.25) is 17.0 Å². The Kier molecular flexibility index (Phi) is 11.4. The number of hydrogen-bond acceptors (Lipinski definition) is 10. The van der Waals surface area contributed by atoms with E-state index in [1.165, 1.54) is 14.7 Å². The van der Waals surface area contributed by atoms with Crippen LogP contribution in [-0.2, 0) is 19.2 Å². The summed E-state index contributed by atoms with van der Waals surface area (Å²) in [5.41, 5.74) is 1.20. The van der Waals surface area contributed by atoms with Crippen LogP contribution in [0.4, 0.5) is 10.5 Å². The summed E-state index contributed by atoms with van der Waals surface area (Å²) in [6.45, 7) is 3.89. The summed E-state index contributed by atoms with van der Waals surface area (Å²) >= 11 is 1.15. The maximum Gasteiger partial charge on any atom is 0.319 e. The van der Waals surface area contributed by atoms with Gasteiger partial charge >= 0.3 is 6.03 Å².